The van der Waals surface area contributed by atoms with Crippen molar-refractivity contribution >= 4 is 0 Å². The van der Waals surface area contributed by atoms with Crippen LogP contribution in [0.25, 0.3) is 0 Å². The molecule has 0 amide bonds. The number of hydrogen-bond donors (Lipinski definition) is 2. The third-order valence-corrected chi connectivity index (χ3v) is 1.23. The van der Waals surface area contributed by atoms with Gasteiger partial charge in [0.15, 0.2) is 0 Å². The number of hydrogen-bond acceptors (Lipinski definition) is 2. The number of aromatic amines is 1. The molecule has 0 aliphatic rings. The summed E-state index contributed by atoms with van der Waals surface area (Å²) in [6.07, 6.45) is 3.59. The number of rotatable bonds is 3. The lowest BCUT2D eigenvalue weighted by Gasteiger charge is -2.04. The molecule has 1 aromatic heterocycles. The molecule has 1 aromatic rings. The highest BCUT2D eigenvalue weighted by Crippen LogP contribution is 1.87. The van der Waals surface area contributed by atoms with Crippen molar-refractivity contribution in [3.8, 4) is 0 Å². The van der Waals surface area contributed by atoms with E-state index in [0.29, 0.717) is 6.04 Å². The van der Waals surface area contributed by atoms with E-state index in [2.05, 4.69) is 29.1 Å². The molecule has 0 atom stereocenters. The summed E-state index contributed by atoms with van der Waals surface area (Å²) in [5.74, 6) is 0.994. The predicted molar refractivity (Wildman–Crippen MR) is 40.6 cm³/mol. The molecule has 56 valence electrons. The van der Waals surface area contributed by atoms with E-state index in [1.165, 1.54) is 0 Å². The smallest absolute Gasteiger partial charge is 0.120 e. The molecule has 0 saturated carbocycles. The third kappa shape index (κ3) is 2.19. The van der Waals surface area contributed by atoms with Gasteiger partial charge in [0.25, 0.3) is 0 Å². The molecular weight excluding hydrogens is 126 g/mol. The molecule has 0 unspecified atom stereocenters. The zero-order valence-corrected chi connectivity index (χ0v) is 6.39. The maximum atomic E-state index is 4.07. The minimum absolute atomic E-state index is 0.519. The molecular formula is C7H13N3. The number of nitrogens with one attached hydrogen (secondary N) is 2. The molecule has 0 aliphatic carbocycles. The van der Waals surface area contributed by atoms with Gasteiger partial charge in [-0.3, -0.25) is 0 Å². The van der Waals surface area contributed by atoms with E-state index < -0.39 is 0 Å². The average Bonchev–Trinajstić information content (AvgIpc) is 2.34. The first-order valence-corrected chi connectivity index (χ1v) is 3.50. The van der Waals surface area contributed by atoms with Crippen molar-refractivity contribution in [2.75, 3.05) is 0 Å². The van der Waals surface area contributed by atoms with Gasteiger partial charge in [0.05, 0.1) is 6.54 Å². The maximum Gasteiger partial charge on any atom is 0.120 e. The Morgan fingerprint density at radius 2 is 2.50 bits per heavy atom. The first-order valence-electron chi connectivity index (χ1n) is 3.50. The topological polar surface area (TPSA) is 40.7 Å². The first kappa shape index (κ1) is 7.28. The number of imidazole rings is 1. The van der Waals surface area contributed by atoms with Crippen molar-refractivity contribution in [3.63, 3.8) is 0 Å². The second-order valence-electron chi connectivity index (χ2n) is 2.57. The van der Waals surface area contributed by atoms with Gasteiger partial charge in [-0.05, 0) is 0 Å². The van der Waals surface area contributed by atoms with Gasteiger partial charge in [0.1, 0.15) is 5.82 Å². The largest absolute Gasteiger partial charge is 0.348 e. The molecule has 0 aliphatic heterocycles. The van der Waals surface area contributed by atoms with Crippen molar-refractivity contribution in [1.82, 2.24) is 15.3 Å². The standard InChI is InChI=1S/C7H13N3/c1-6(2)10-5-7-8-3-4-9-7/h3-4,6,10H,5H2,1-2H3,(H,8,9). The number of H-pyrrole nitrogens is 1. The first-order chi connectivity index (χ1) is 4.79. The van der Waals surface area contributed by atoms with Gasteiger partial charge in [-0.2, -0.15) is 0 Å². The Kier molecular flexibility index (Phi) is 2.45. The molecule has 10 heavy (non-hydrogen) atoms. The molecule has 3 heteroatoms. The van der Waals surface area contributed by atoms with E-state index in [0.717, 1.165) is 12.4 Å². The van der Waals surface area contributed by atoms with Crippen molar-refractivity contribution < 1.29 is 0 Å². The molecule has 0 radical (unpaired) electrons. The lowest BCUT2D eigenvalue weighted by Crippen LogP contribution is -2.22. The Morgan fingerprint density at radius 1 is 1.70 bits per heavy atom. The minimum atomic E-state index is 0.519. The van der Waals surface area contributed by atoms with Crippen LogP contribution in [0.5, 0.6) is 0 Å². The van der Waals surface area contributed by atoms with Crippen LogP contribution in [0.15, 0.2) is 12.4 Å². The quantitative estimate of drug-likeness (QED) is 0.653. The fraction of sp³-hybridized carbons (Fsp3) is 0.571. The van der Waals surface area contributed by atoms with Gasteiger partial charge >= 0.3 is 0 Å². The Labute approximate surface area is 60.9 Å². The van der Waals surface area contributed by atoms with E-state index in [9.17, 15) is 0 Å². The molecule has 2 N–H and O–H groups in total. The van der Waals surface area contributed by atoms with E-state index in [1.54, 1.807) is 6.20 Å². The summed E-state index contributed by atoms with van der Waals surface area (Å²) in [7, 11) is 0. The SMILES string of the molecule is CC(C)NCc1ncc[nH]1. The van der Waals surface area contributed by atoms with Crippen molar-refractivity contribution in [2.45, 2.75) is 26.4 Å². The normalized spacial score (nSPS) is 10.7. The van der Waals surface area contributed by atoms with Crippen molar-refractivity contribution in [1.29, 1.82) is 0 Å². The van der Waals surface area contributed by atoms with Gasteiger partial charge in [0, 0.05) is 18.4 Å². The minimum Gasteiger partial charge on any atom is -0.348 e. The lowest BCUT2D eigenvalue weighted by atomic mass is 10.4. The molecule has 0 saturated heterocycles. The molecule has 0 fully saturated rings. The van der Waals surface area contributed by atoms with Gasteiger partial charge in [-0.15, -0.1) is 0 Å². The summed E-state index contributed by atoms with van der Waals surface area (Å²) in [4.78, 5) is 7.09. The molecule has 0 aromatic carbocycles. The van der Waals surface area contributed by atoms with E-state index in [1.807, 2.05) is 6.20 Å². The summed E-state index contributed by atoms with van der Waals surface area (Å²) < 4.78 is 0. The highest BCUT2D eigenvalue weighted by atomic mass is 15.0. The van der Waals surface area contributed by atoms with Crippen LogP contribution < -0.4 is 5.32 Å². The monoisotopic (exact) mass is 139 g/mol. The summed E-state index contributed by atoms with van der Waals surface area (Å²) in [6, 6.07) is 0.519. The lowest BCUT2D eigenvalue weighted by molar-refractivity contribution is 0.575. The fourth-order valence-electron chi connectivity index (χ4n) is 0.695. The van der Waals surface area contributed by atoms with Crippen molar-refractivity contribution in [2.24, 2.45) is 0 Å². The van der Waals surface area contributed by atoms with Crippen LogP contribution in [0, 0.1) is 0 Å². The van der Waals surface area contributed by atoms with Crippen LogP contribution >= 0.6 is 0 Å². The summed E-state index contributed by atoms with van der Waals surface area (Å²) in [5, 5.41) is 3.25. The van der Waals surface area contributed by atoms with Gasteiger partial charge in [-0.25, -0.2) is 4.98 Å². The third-order valence-electron chi connectivity index (χ3n) is 1.23. The Hall–Kier alpha value is -0.830. The zero-order valence-electron chi connectivity index (χ0n) is 6.39. The molecule has 1 rings (SSSR count). The van der Waals surface area contributed by atoms with Gasteiger partial charge in [0.2, 0.25) is 0 Å². The maximum absolute atomic E-state index is 4.07. The predicted octanol–water partition coefficient (Wildman–Crippen LogP) is 0.908. The van der Waals surface area contributed by atoms with Crippen LogP contribution in [0.2, 0.25) is 0 Å². The molecule has 0 bridgehead atoms. The van der Waals surface area contributed by atoms with Crippen LogP contribution in [0.1, 0.15) is 19.7 Å². The Balaban J connectivity index is 2.28. The van der Waals surface area contributed by atoms with Gasteiger partial charge in [-0.1, -0.05) is 13.8 Å². The summed E-state index contributed by atoms with van der Waals surface area (Å²) in [5.41, 5.74) is 0. The fourth-order valence-corrected chi connectivity index (χ4v) is 0.695. The number of aromatic nitrogens is 2. The van der Waals surface area contributed by atoms with Crippen molar-refractivity contribution in [3.05, 3.63) is 18.2 Å². The summed E-state index contributed by atoms with van der Waals surface area (Å²) >= 11 is 0. The van der Waals surface area contributed by atoms with Gasteiger partial charge < -0.3 is 10.3 Å². The zero-order chi connectivity index (χ0) is 7.40. The van der Waals surface area contributed by atoms with Crippen LogP contribution in [0.4, 0.5) is 0 Å². The highest BCUT2D eigenvalue weighted by Gasteiger charge is 1.94. The van der Waals surface area contributed by atoms with Crippen LogP contribution in [-0.2, 0) is 6.54 Å². The Bertz CT molecular complexity index is 167. The van der Waals surface area contributed by atoms with E-state index in [-0.39, 0.29) is 0 Å². The average molecular weight is 139 g/mol. The van der Waals surface area contributed by atoms with Crippen LogP contribution in [0.3, 0.4) is 0 Å². The second kappa shape index (κ2) is 3.37. The van der Waals surface area contributed by atoms with E-state index in [4.69, 9.17) is 0 Å². The second-order valence-corrected chi connectivity index (χ2v) is 2.57. The Morgan fingerprint density at radius 3 is 3.00 bits per heavy atom. The molecule has 3 nitrogen and oxygen atoms in total. The summed E-state index contributed by atoms with van der Waals surface area (Å²) in [6.45, 7) is 5.05. The number of nitrogens with zero attached hydrogens (tertiary/aromatic N) is 1. The molecule has 1 heterocycles. The highest BCUT2D eigenvalue weighted by molar-refractivity contribution is 4.86. The van der Waals surface area contributed by atoms with E-state index >= 15 is 0 Å². The van der Waals surface area contributed by atoms with Crippen LogP contribution in [-0.4, -0.2) is 16.0 Å². The molecule has 0 spiro atoms.